The zero-order chi connectivity index (χ0) is 13.8. The van der Waals surface area contributed by atoms with Crippen LogP contribution in [-0.2, 0) is 0 Å². The van der Waals surface area contributed by atoms with Crippen LogP contribution in [0.1, 0.15) is 23.8 Å². The molecule has 1 fully saturated rings. The van der Waals surface area contributed by atoms with Gasteiger partial charge in [-0.3, -0.25) is 4.90 Å². The summed E-state index contributed by atoms with van der Waals surface area (Å²) in [6, 6.07) is 10.6. The van der Waals surface area contributed by atoms with E-state index < -0.39 is 0 Å². The molecule has 1 atom stereocenters. The van der Waals surface area contributed by atoms with Crippen molar-refractivity contribution >= 4 is 0 Å². The summed E-state index contributed by atoms with van der Waals surface area (Å²) < 4.78 is 19.2. The topological polar surface area (TPSA) is 28.4 Å². The Labute approximate surface area is 118 Å². The highest BCUT2D eigenvalue weighted by Crippen LogP contribution is 2.29. The SMILES string of the molecule is Fc1cccc(C(c2ccco2)N2CCCNCC2)c1. The van der Waals surface area contributed by atoms with Crippen molar-refractivity contribution in [3.05, 3.63) is 59.8 Å². The first-order valence-electron chi connectivity index (χ1n) is 7.08. The molecule has 0 bridgehead atoms. The molecule has 0 saturated carbocycles. The monoisotopic (exact) mass is 274 g/mol. The van der Waals surface area contributed by atoms with Crippen LogP contribution in [0.4, 0.5) is 4.39 Å². The Morgan fingerprint density at radius 3 is 2.90 bits per heavy atom. The second-order valence-corrected chi connectivity index (χ2v) is 5.11. The molecule has 1 aromatic carbocycles. The third-order valence-corrected chi connectivity index (χ3v) is 3.72. The van der Waals surface area contributed by atoms with Crippen LogP contribution in [0.2, 0.25) is 0 Å². The van der Waals surface area contributed by atoms with Crippen LogP contribution in [0, 0.1) is 5.82 Å². The standard InChI is InChI=1S/C16H19FN2O/c17-14-5-1-4-13(12-14)16(15-6-2-11-20-15)19-9-3-7-18-8-10-19/h1-2,4-6,11-12,16,18H,3,7-10H2. The highest BCUT2D eigenvalue weighted by Gasteiger charge is 2.25. The second-order valence-electron chi connectivity index (χ2n) is 5.11. The van der Waals surface area contributed by atoms with E-state index in [4.69, 9.17) is 4.42 Å². The number of rotatable bonds is 3. The third kappa shape index (κ3) is 2.92. The van der Waals surface area contributed by atoms with Gasteiger partial charge in [-0.1, -0.05) is 12.1 Å². The molecule has 0 spiro atoms. The van der Waals surface area contributed by atoms with Crippen molar-refractivity contribution in [3.63, 3.8) is 0 Å². The Hall–Kier alpha value is -1.65. The van der Waals surface area contributed by atoms with E-state index in [1.165, 1.54) is 6.07 Å². The molecule has 1 aliphatic heterocycles. The van der Waals surface area contributed by atoms with Gasteiger partial charge in [0, 0.05) is 19.6 Å². The summed E-state index contributed by atoms with van der Waals surface area (Å²) in [6.07, 6.45) is 2.77. The Balaban J connectivity index is 1.95. The van der Waals surface area contributed by atoms with Gasteiger partial charge in [-0.05, 0) is 42.8 Å². The lowest BCUT2D eigenvalue weighted by atomic mass is 10.0. The molecule has 4 heteroatoms. The fraction of sp³-hybridized carbons (Fsp3) is 0.375. The van der Waals surface area contributed by atoms with E-state index in [0.717, 1.165) is 43.9 Å². The van der Waals surface area contributed by atoms with Crippen molar-refractivity contribution in [3.8, 4) is 0 Å². The second kappa shape index (κ2) is 6.20. The van der Waals surface area contributed by atoms with E-state index in [0.29, 0.717) is 0 Å². The van der Waals surface area contributed by atoms with E-state index in [-0.39, 0.29) is 11.9 Å². The molecule has 106 valence electrons. The highest BCUT2D eigenvalue weighted by molar-refractivity contribution is 5.27. The minimum Gasteiger partial charge on any atom is -0.467 e. The van der Waals surface area contributed by atoms with Gasteiger partial charge in [0.1, 0.15) is 11.6 Å². The maximum atomic E-state index is 13.6. The Morgan fingerprint density at radius 2 is 2.10 bits per heavy atom. The highest BCUT2D eigenvalue weighted by atomic mass is 19.1. The molecule has 3 rings (SSSR count). The van der Waals surface area contributed by atoms with Gasteiger partial charge in [-0.15, -0.1) is 0 Å². The molecule has 3 nitrogen and oxygen atoms in total. The quantitative estimate of drug-likeness (QED) is 0.933. The molecule has 1 aliphatic rings. The minimum atomic E-state index is -0.202. The molecule has 0 amide bonds. The molecule has 20 heavy (non-hydrogen) atoms. The lowest BCUT2D eigenvalue weighted by Crippen LogP contribution is -2.32. The predicted octanol–water partition coefficient (Wildman–Crippen LogP) is 2.80. The lowest BCUT2D eigenvalue weighted by Gasteiger charge is -2.29. The van der Waals surface area contributed by atoms with Gasteiger partial charge >= 0.3 is 0 Å². The summed E-state index contributed by atoms with van der Waals surface area (Å²) in [6.45, 7) is 3.90. The summed E-state index contributed by atoms with van der Waals surface area (Å²) in [5.74, 6) is 0.671. The number of nitrogens with one attached hydrogen (secondary N) is 1. The smallest absolute Gasteiger partial charge is 0.125 e. The van der Waals surface area contributed by atoms with Crippen molar-refractivity contribution in [2.24, 2.45) is 0 Å². The Kier molecular flexibility index (Phi) is 4.14. The summed E-state index contributed by atoms with van der Waals surface area (Å²) in [5.41, 5.74) is 0.946. The lowest BCUT2D eigenvalue weighted by molar-refractivity contribution is 0.215. The van der Waals surface area contributed by atoms with E-state index in [1.807, 2.05) is 18.2 Å². The van der Waals surface area contributed by atoms with Gasteiger partial charge in [0.05, 0.1) is 12.3 Å². The Bertz CT molecular complexity index is 533. The van der Waals surface area contributed by atoms with Crippen LogP contribution in [0.3, 0.4) is 0 Å². The van der Waals surface area contributed by atoms with Gasteiger partial charge in [0.15, 0.2) is 0 Å². The van der Waals surface area contributed by atoms with Crippen LogP contribution >= 0.6 is 0 Å². The number of halogens is 1. The van der Waals surface area contributed by atoms with Crippen LogP contribution in [0.5, 0.6) is 0 Å². The van der Waals surface area contributed by atoms with Gasteiger partial charge in [0.2, 0.25) is 0 Å². The van der Waals surface area contributed by atoms with Crippen LogP contribution in [0.25, 0.3) is 0 Å². The third-order valence-electron chi connectivity index (χ3n) is 3.72. The number of hydrogen-bond donors (Lipinski definition) is 1. The molecule has 1 saturated heterocycles. The van der Waals surface area contributed by atoms with Crippen molar-refractivity contribution in [2.45, 2.75) is 12.5 Å². The molecular formula is C16H19FN2O. The van der Waals surface area contributed by atoms with Crippen molar-refractivity contribution < 1.29 is 8.81 Å². The zero-order valence-electron chi connectivity index (χ0n) is 11.4. The van der Waals surface area contributed by atoms with Crippen LogP contribution in [-0.4, -0.2) is 31.1 Å². The van der Waals surface area contributed by atoms with Crippen molar-refractivity contribution in [2.75, 3.05) is 26.2 Å². The normalized spacial score (nSPS) is 18.6. The van der Waals surface area contributed by atoms with Crippen LogP contribution in [0.15, 0.2) is 47.1 Å². The molecule has 1 aromatic heterocycles. The molecule has 1 unspecified atom stereocenters. The maximum absolute atomic E-state index is 13.6. The molecule has 2 heterocycles. The summed E-state index contributed by atoms with van der Waals surface area (Å²) in [4.78, 5) is 2.35. The van der Waals surface area contributed by atoms with E-state index in [9.17, 15) is 4.39 Å². The molecule has 0 aliphatic carbocycles. The summed E-state index contributed by atoms with van der Waals surface area (Å²) in [5, 5.41) is 3.39. The fourth-order valence-electron chi connectivity index (χ4n) is 2.80. The number of benzene rings is 1. The molecule has 0 radical (unpaired) electrons. The largest absolute Gasteiger partial charge is 0.467 e. The van der Waals surface area contributed by atoms with E-state index >= 15 is 0 Å². The predicted molar refractivity (Wildman–Crippen MR) is 76.0 cm³/mol. The average molecular weight is 274 g/mol. The van der Waals surface area contributed by atoms with Crippen LogP contribution < -0.4 is 5.32 Å². The van der Waals surface area contributed by atoms with Crippen molar-refractivity contribution in [1.82, 2.24) is 10.2 Å². The minimum absolute atomic E-state index is 0.0133. The number of furan rings is 1. The fourth-order valence-corrected chi connectivity index (χ4v) is 2.80. The van der Waals surface area contributed by atoms with Gasteiger partial charge in [-0.2, -0.15) is 0 Å². The van der Waals surface area contributed by atoms with Gasteiger partial charge < -0.3 is 9.73 Å². The molecular weight excluding hydrogens is 255 g/mol. The zero-order valence-corrected chi connectivity index (χ0v) is 11.4. The van der Waals surface area contributed by atoms with Gasteiger partial charge in [-0.25, -0.2) is 4.39 Å². The maximum Gasteiger partial charge on any atom is 0.125 e. The molecule has 1 N–H and O–H groups in total. The van der Waals surface area contributed by atoms with E-state index in [2.05, 4.69) is 10.2 Å². The number of hydrogen-bond acceptors (Lipinski definition) is 3. The first kappa shape index (κ1) is 13.3. The summed E-state index contributed by atoms with van der Waals surface area (Å²) in [7, 11) is 0. The first-order chi connectivity index (χ1) is 9.84. The first-order valence-corrected chi connectivity index (χ1v) is 7.08. The van der Waals surface area contributed by atoms with Crippen molar-refractivity contribution in [1.29, 1.82) is 0 Å². The van der Waals surface area contributed by atoms with E-state index in [1.54, 1.807) is 18.4 Å². The number of nitrogens with zero attached hydrogens (tertiary/aromatic N) is 1. The Morgan fingerprint density at radius 1 is 1.15 bits per heavy atom. The van der Waals surface area contributed by atoms with Gasteiger partial charge in [0.25, 0.3) is 0 Å². The summed E-state index contributed by atoms with van der Waals surface area (Å²) >= 11 is 0. The average Bonchev–Trinajstić information content (AvgIpc) is 2.83. The molecule has 2 aromatic rings.